The van der Waals surface area contributed by atoms with Crippen LogP contribution in [0.2, 0.25) is 0 Å². The number of carbonyl (C=O) groups excluding carboxylic acids is 1. The third-order valence-corrected chi connectivity index (χ3v) is 6.77. The second kappa shape index (κ2) is 8.79. The highest BCUT2D eigenvalue weighted by atomic mass is 16.6. The standard InChI is InChI=1S/C25H30N2O4/c1-29-21-10-6-18(7-11-21)25(28)27-19-8-9-20(27)13-17(12-19)14-26-15-22-16-30-23-4-2-3-5-24(23)31-22/h2-7,10-11,17,19-20,22,26H,8-9,12-16H2,1H3/t17-,19-,20+,22?. The highest BCUT2D eigenvalue weighted by Crippen LogP contribution is 2.39. The number of methoxy groups -OCH3 is 1. The van der Waals surface area contributed by atoms with E-state index in [2.05, 4.69) is 10.2 Å². The monoisotopic (exact) mass is 422 g/mol. The highest BCUT2D eigenvalue weighted by Gasteiger charge is 2.43. The van der Waals surface area contributed by atoms with E-state index in [0.717, 1.165) is 61.6 Å². The lowest BCUT2D eigenvalue weighted by atomic mass is 9.90. The van der Waals surface area contributed by atoms with Crippen molar-refractivity contribution in [3.63, 3.8) is 0 Å². The van der Waals surface area contributed by atoms with Crippen LogP contribution in [0, 0.1) is 5.92 Å². The molecule has 1 N–H and O–H groups in total. The predicted molar refractivity (Wildman–Crippen MR) is 118 cm³/mol. The number of para-hydroxylation sites is 2. The summed E-state index contributed by atoms with van der Waals surface area (Å²) < 4.78 is 17.1. The molecule has 6 heteroatoms. The molecule has 0 aromatic heterocycles. The van der Waals surface area contributed by atoms with Gasteiger partial charge in [-0.1, -0.05) is 12.1 Å². The number of nitrogens with zero attached hydrogens (tertiary/aromatic N) is 1. The van der Waals surface area contributed by atoms with Gasteiger partial charge in [0.05, 0.1) is 7.11 Å². The van der Waals surface area contributed by atoms with Crippen LogP contribution in [0.1, 0.15) is 36.0 Å². The Morgan fingerprint density at radius 2 is 1.74 bits per heavy atom. The van der Waals surface area contributed by atoms with Crippen molar-refractivity contribution >= 4 is 5.91 Å². The quantitative estimate of drug-likeness (QED) is 0.772. The number of hydrogen-bond acceptors (Lipinski definition) is 5. The maximum absolute atomic E-state index is 13.1. The average molecular weight is 423 g/mol. The Kier molecular flexibility index (Phi) is 5.72. The number of carbonyl (C=O) groups is 1. The molecule has 6 nitrogen and oxygen atoms in total. The summed E-state index contributed by atoms with van der Waals surface area (Å²) in [6, 6.07) is 16.0. The fourth-order valence-corrected chi connectivity index (χ4v) is 5.28. The molecule has 0 spiro atoms. The maximum Gasteiger partial charge on any atom is 0.254 e. The number of piperidine rings is 1. The molecule has 0 aliphatic carbocycles. The normalized spacial score (nSPS) is 26.5. The Morgan fingerprint density at radius 3 is 2.45 bits per heavy atom. The van der Waals surface area contributed by atoms with Crippen molar-refractivity contribution in [1.29, 1.82) is 0 Å². The number of amides is 1. The first kappa shape index (κ1) is 20.2. The number of rotatable bonds is 6. The molecule has 164 valence electrons. The topological polar surface area (TPSA) is 60.0 Å². The van der Waals surface area contributed by atoms with Crippen molar-refractivity contribution in [3.8, 4) is 17.2 Å². The molecule has 0 radical (unpaired) electrons. The number of benzene rings is 2. The summed E-state index contributed by atoms with van der Waals surface area (Å²) in [4.78, 5) is 15.3. The first-order valence-corrected chi connectivity index (χ1v) is 11.3. The summed E-state index contributed by atoms with van der Waals surface area (Å²) in [6.07, 6.45) is 4.38. The van der Waals surface area contributed by atoms with E-state index in [1.165, 1.54) is 0 Å². The van der Waals surface area contributed by atoms with E-state index in [-0.39, 0.29) is 12.0 Å². The van der Waals surface area contributed by atoms with Crippen LogP contribution in [0.4, 0.5) is 0 Å². The first-order valence-electron chi connectivity index (χ1n) is 11.3. The third kappa shape index (κ3) is 4.22. The molecule has 1 amide bonds. The molecule has 2 aromatic rings. The van der Waals surface area contributed by atoms with Crippen LogP contribution in [0.3, 0.4) is 0 Å². The molecule has 2 saturated heterocycles. The summed E-state index contributed by atoms with van der Waals surface area (Å²) in [5.41, 5.74) is 0.754. The average Bonchev–Trinajstić information content (AvgIpc) is 3.08. The van der Waals surface area contributed by atoms with E-state index in [0.29, 0.717) is 24.6 Å². The van der Waals surface area contributed by atoms with Crippen molar-refractivity contribution in [3.05, 3.63) is 54.1 Å². The van der Waals surface area contributed by atoms with E-state index in [1.807, 2.05) is 48.5 Å². The zero-order chi connectivity index (χ0) is 21.2. The molecule has 2 aromatic carbocycles. The van der Waals surface area contributed by atoms with Crippen molar-refractivity contribution < 1.29 is 19.0 Å². The van der Waals surface area contributed by atoms with Gasteiger partial charge in [0.15, 0.2) is 11.5 Å². The zero-order valence-electron chi connectivity index (χ0n) is 18.0. The van der Waals surface area contributed by atoms with Gasteiger partial charge in [0.1, 0.15) is 18.5 Å². The van der Waals surface area contributed by atoms with Crippen molar-refractivity contribution in [1.82, 2.24) is 10.2 Å². The lowest BCUT2D eigenvalue weighted by Gasteiger charge is -2.39. The Balaban J connectivity index is 1.12. The Bertz CT molecular complexity index is 902. The minimum absolute atomic E-state index is 0.0309. The highest BCUT2D eigenvalue weighted by molar-refractivity contribution is 5.95. The van der Waals surface area contributed by atoms with Crippen LogP contribution < -0.4 is 19.5 Å². The molecule has 5 rings (SSSR count). The van der Waals surface area contributed by atoms with Gasteiger partial charge in [-0.25, -0.2) is 0 Å². The Labute approximate surface area is 183 Å². The number of fused-ring (bicyclic) bond motifs is 3. The van der Waals surface area contributed by atoms with E-state index in [9.17, 15) is 4.79 Å². The van der Waals surface area contributed by atoms with Gasteiger partial charge in [-0.05, 0) is 74.5 Å². The maximum atomic E-state index is 13.1. The fraction of sp³-hybridized carbons (Fsp3) is 0.480. The van der Waals surface area contributed by atoms with Crippen LogP contribution in [0.5, 0.6) is 17.2 Å². The van der Waals surface area contributed by atoms with Gasteiger partial charge in [-0.2, -0.15) is 0 Å². The molecule has 0 saturated carbocycles. The molecule has 1 unspecified atom stereocenters. The smallest absolute Gasteiger partial charge is 0.254 e. The molecule has 31 heavy (non-hydrogen) atoms. The summed E-state index contributed by atoms with van der Waals surface area (Å²) in [5.74, 6) is 3.18. The third-order valence-electron chi connectivity index (χ3n) is 6.77. The minimum atomic E-state index is 0.0309. The Hall–Kier alpha value is -2.73. The molecule has 3 aliphatic rings. The Morgan fingerprint density at radius 1 is 1.03 bits per heavy atom. The SMILES string of the molecule is COc1ccc(C(=O)N2[C@@H]3CC[C@H]2C[C@H](CNCC2COc4ccccc4O2)C3)cc1. The molecular weight excluding hydrogens is 392 g/mol. The molecule has 4 atom stereocenters. The lowest BCUT2D eigenvalue weighted by Crippen LogP contribution is -2.48. The summed E-state index contributed by atoms with van der Waals surface area (Å²) in [5, 5.41) is 3.59. The van der Waals surface area contributed by atoms with Gasteiger partial charge in [-0.15, -0.1) is 0 Å². The van der Waals surface area contributed by atoms with Crippen LogP contribution in [0.25, 0.3) is 0 Å². The van der Waals surface area contributed by atoms with Crippen molar-refractivity contribution in [2.45, 2.75) is 43.9 Å². The summed E-state index contributed by atoms with van der Waals surface area (Å²) in [6.45, 7) is 2.30. The van der Waals surface area contributed by atoms with E-state index < -0.39 is 0 Å². The number of nitrogens with one attached hydrogen (secondary N) is 1. The van der Waals surface area contributed by atoms with Crippen LogP contribution in [0.15, 0.2) is 48.5 Å². The minimum Gasteiger partial charge on any atom is -0.497 e. The molecule has 3 heterocycles. The molecule has 2 bridgehead atoms. The van der Waals surface area contributed by atoms with Crippen molar-refractivity contribution in [2.24, 2.45) is 5.92 Å². The fourth-order valence-electron chi connectivity index (χ4n) is 5.28. The van der Waals surface area contributed by atoms with Gasteiger partial charge in [0, 0.05) is 24.2 Å². The molecule has 3 aliphatic heterocycles. The van der Waals surface area contributed by atoms with Crippen LogP contribution in [-0.4, -0.2) is 55.8 Å². The van der Waals surface area contributed by atoms with Gasteiger partial charge in [0.25, 0.3) is 5.91 Å². The summed E-state index contributed by atoms with van der Waals surface area (Å²) in [7, 11) is 1.64. The van der Waals surface area contributed by atoms with Gasteiger partial charge in [-0.3, -0.25) is 4.79 Å². The zero-order valence-corrected chi connectivity index (χ0v) is 18.0. The van der Waals surface area contributed by atoms with E-state index in [1.54, 1.807) is 7.11 Å². The van der Waals surface area contributed by atoms with Crippen LogP contribution >= 0.6 is 0 Å². The second-order valence-corrected chi connectivity index (χ2v) is 8.82. The van der Waals surface area contributed by atoms with E-state index in [4.69, 9.17) is 14.2 Å². The largest absolute Gasteiger partial charge is 0.497 e. The van der Waals surface area contributed by atoms with Gasteiger partial charge in [0.2, 0.25) is 0 Å². The number of hydrogen-bond donors (Lipinski definition) is 1. The van der Waals surface area contributed by atoms with Gasteiger partial charge >= 0.3 is 0 Å². The summed E-state index contributed by atoms with van der Waals surface area (Å²) >= 11 is 0. The van der Waals surface area contributed by atoms with Crippen LogP contribution in [-0.2, 0) is 0 Å². The van der Waals surface area contributed by atoms with Gasteiger partial charge < -0.3 is 24.4 Å². The first-order chi connectivity index (χ1) is 15.2. The predicted octanol–water partition coefficient (Wildman–Crippen LogP) is 3.51. The molecule has 2 fully saturated rings. The van der Waals surface area contributed by atoms with Crippen molar-refractivity contribution in [2.75, 3.05) is 26.8 Å². The molecular formula is C25H30N2O4. The lowest BCUT2D eigenvalue weighted by molar-refractivity contribution is 0.0515. The van der Waals surface area contributed by atoms with E-state index >= 15 is 0 Å². The second-order valence-electron chi connectivity index (χ2n) is 8.82. The number of ether oxygens (including phenoxy) is 3.